The Bertz CT molecular complexity index is 684. The van der Waals surface area contributed by atoms with E-state index in [1.807, 2.05) is 19.1 Å². The van der Waals surface area contributed by atoms with Crippen molar-refractivity contribution >= 4 is 0 Å². The number of alkyl halides is 3. The molecule has 0 amide bonds. The number of aryl methyl sites for hydroxylation is 2. The molecule has 1 heterocycles. The summed E-state index contributed by atoms with van der Waals surface area (Å²) in [6.45, 7) is 3.85. The molecule has 0 atom stereocenters. The molecule has 3 nitrogen and oxygen atoms in total. The van der Waals surface area contributed by atoms with Gasteiger partial charge in [-0.05, 0) is 43.9 Å². The van der Waals surface area contributed by atoms with Crippen LogP contribution in [0.1, 0.15) is 35.2 Å². The molecule has 3 rings (SSSR count). The largest absolute Gasteiger partial charge is 0.433 e. The van der Waals surface area contributed by atoms with Crippen molar-refractivity contribution in [2.24, 2.45) is 0 Å². The fraction of sp³-hybridized carbons (Fsp3) is 0.438. The second-order valence-corrected chi connectivity index (χ2v) is 5.87. The minimum absolute atomic E-state index is 0.195. The second kappa shape index (κ2) is 5.43. The SMILES string of the molecule is Cc1ccc(C)c(-n2ncc(CNC3CC3)c2C(F)(F)F)c1. The summed E-state index contributed by atoms with van der Waals surface area (Å²) in [5.74, 6) is 0. The predicted octanol–water partition coefficient (Wildman–Crippen LogP) is 3.76. The maximum absolute atomic E-state index is 13.5. The molecule has 6 heteroatoms. The quantitative estimate of drug-likeness (QED) is 0.932. The van der Waals surface area contributed by atoms with Crippen LogP contribution in [-0.2, 0) is 12.7 Å². The van der Waals surface area contributed by atoms with Crippen LogP contribution in [0.4, 0.5) is 13.2 Å². The second-order valence-electron chi connectivity index (χ2n) is 5.87. The summed E-state index contributed by atoms with van der Waals surface area (Å²) in [6, 6.07) is 5.78. The molecular formula is C16H18F3N3. The molecular weight excluding hydrogens is 291 g/mol. The van der Waals surface area contributed by atoms with Crippen LogP contribution in [-0.4, -0.2) is 15.8 Å². The summed E-state index contributed by atoms with van der Waals surface area (Å²) in [7, 11) is 0. The number of hydrogen-bond acceptors (Lipinski definition) is 2. The first-order valence-corrected chi connectivity index (χ1v) is 7.31. The minimum atomic E-state index is -4.44. The van der Waals surface area contributed by atoms with Crippen molar-refractivity contribution in [1.29, 1.82) is 0 Å². The van der Waals surface area contributed by atoms with E-state index in [-0.39, 0.29) is 12.1 Å². The number of halogens is 3. The van der Waals surface area contributed by atoms with Gasteiger partial charge in [0.05, 0.1) is 11.9 Å². The van der Waals surface area contributed by atoms with Crippen molar-refractivity contribution in [3.8, 4) is 5.69 Å². The molecule has 22 heavy (non-hydrogen) atoms. The van der Waals surface area contributed by atoms with Crippen LogP contribution in [0.25, 0.3) is 5.69 Å². The summed E-state index contributed by atoms with van der Waals surface area (Å²) >= 11 is 0. The van der Waals surface area contributed by atoms with Gasteiger partial charge in [0.2, 0.25) is 0 Å². The van der Waals surface area contributed by atoms with Crippen molar-refractivity contribution in [2.75, 3.05) is 0 Å². The van der Waals surface area contributed by atoms with E-state index in [4.69, 9.17) is 0 Å². The predicted molar refractivity (Wildman–Crippen MR) is 77.9 cm³/mol. The highest BCUT2D eigenvalue weighted by molar-refractivity contribution is 5.45. The third-order valence-electron chi connectivity index (χ3n) is 3.86. The Morgan fingerprint density at radius 2 is 2.00 bits per heavy atom. The lowest BCUT2D eigenvalue weighted by Gasteiger charge is -2.15. The molecule has 0 unspecified atom stereocenters. The minimum Gasteiger partial charge on any atom is -0.310 e. The fourth-order valence-electron chi connectivity index (χ4n) is 2.49. The summed E-state index contributed by atoms with van der Waals surface area (Å²) in [4.78, 5) is 0. The lowest BCUT2D eigenvalue weighted by atomic mass is 10.1. The summed E-state index contributed by atoms with van der Waals surface area (Å²) in [5.41, 5.74) is 1.66. The van der Waals surface area contributed by atoms with Gasteiger partial charge in [0.25, 0.3) is 0 Å². The lowest BCUT2D eigenvalue weighted by molar-refractivity contribution is -0.143. The first kappa shape index (κ1) is 15.1. The molecule has 1 aliphatic rings. The Morgan fingerprint density at radius 1 is 1.27 bits per heavy atom. The number of aromatic nitrogens is 2. The number of benzene rings is 1. The van der Waals surface area contributed by atoms with Gasteiger partial charge in [-0.2, -0.15) is 18.3 Å². The highest BCUT2D eigenvalue weighted by Gasteiger charge is 2.39. The van der Waals surface area contributed by atoms with Crippen LogP contribution in [0.15, 0.2) is 24.4 Å². The average Bonchev–Trinajstić information content (AvgIpc) is 3.16. The van der Waals surface area contributed by atoms with E-state index < -0.39 is 11.9 Å². The molecule has 0 saturated heterocycles. The summed E-state index contributed by atoms with van der Waals surface area (Å²) < 4.78 is 41.6. The van der Waals surface area contributed by atoms with Crippen LogP contribution < -0.4 is 5.32 Å². The van der Waals surface area contributed by atoms with E-state index in [1.165, 1.54) is 6.20 Å². The van der Waals surface area contributed by atoms with Crippen LogP contribution in [0.2, 0.25) is 0 Å². The van der Waals surface area contributed by atoms with E-state index in [0.717, 1.165) is 28.7 Å². The van der Waals surface area contributed by atoms with E-state index in [9.17, 15) is 13.2 Å². The molecule has 0 aliphatic heterocycles. The van der Waals surface area contributed by atoms with Gasteiger partial charge < -0.3 is 5.32 Å². The first-order chi connectivity index (χ1) is 10.4. The van der Waals surface area contributed by atoms with Gasteiger partial charge in [-0.3, -0.25) is 0 Å². The molecule has 1 aromatic heterocycles. The Kier molecular flexibility index (Phi) is 3.72. The normalized spacial score (nSPS) is 15.3. The molecule has 1 N–H and O–H groups in total. The number of nitrogens with zero attached hydrogens (tertiary/aromatic N) is 2. The molecule has 1 aromatic carbocycles. The third-order valence-corrected chi connectivity index (χ3v) is 3.86. The number of hydrogen-bond donors (Lipinski definition) is 1. The van der Waals surface area contributed by atoms with Crippen molar-refractivity contribution in [3.63, 3.8) is 0 Å². The Hall–Kier alpha value is -1.82. The van der Waals surface area contributed by atoms with E-state index in [2.05, 4.69) is 10.4 Å². The van der Waals surface area contributed by atoms with E-state index in [0.29, 0.717) is 11.7 Å². The molecule has 1 saturated carbocycles. The standard InChI is InChI=1S/C16H18F3N3/c1-10-3-4-11(2)14(7-10)22-15(16(17,18)19)12(9-21-22)8-20-13-5-6-13/h3-4,7,9,13,20H,5-6,8H2,1-2H3. The van der Waals surface area contributed by atoms with Gasteiger partial charge in [0.15, 0.2) is 5.69 Å². The first-order valence-electron chi connectivity index (χ1n) is 7.31. The van der Waals surface area contributed by atoms with Gasteiger partial charge in [0, 0.05) is 18.2 Å². The van der Waals surface area contributed by atoms with Gasteiger partial charge in [-0.1, -0.05) is 12.1 Å². The van der Waals surface area contributed by atoms with Gasteiger partial charge in [-0.25, -0.2) is 4.68 Å². The van der Waals surface area contributed by atoms with Gasteiger partial charge in [-0.15, -0.1) is 0 Å². The van der Waals surface area contributed by atoms with Crippen LogP contribution in [0, 0.1) is 13.8 Å². The Morgan fingerprint density at radius 3 is 2.64 bits per heavy atom. The zero-order valence-corrected chi connectivity index (χ0v) is 12.5. The lowest BCUT2D eigenvalue weighted by Crippen LogP contribution is -2.21. The summed E-state index contributed by atoms with van der Waals surface area (Å²) in [6.07, 6.45) is -1.05. The monoisotopic (exact) mass is 309 g/mol. The highest BCUT2D eigenvalue weighted by atomic mass is 19.4. The van der Waals surface area contributed by atoms with Crippen molar-refractivity contribution in [2.45, 2.75) is 45.5 Å². The van der Waals surface area contributed by atoms with Crippen molar-refractivity contribution in [1.82, 2.24) is 15.1 Å². The smallest absolute Gasteiger partial charge is 0.310 e. The Balaban J connectivity index is 2.04. The molecule has 0 spiro atoms. The number of nitrogens with one attached hydrogen (secondary N) is 1. The molecule has 1 fully saturated rings. The molecule has 0 bridgehead atoms. The van der Waals surface area contributed by atoms with Gasteiger partial charge >= 0.3 is 6.18 Å². The zero-order chi connectivity index (χ0) is 15.9. The van der Waals surface area contributed by atoms with Crippen LogP contribution >= 0.6 is 0 Å². The van der Waals surface area contributed by atoms with E-state index in [1.54, 1.807) is 13.0 Å². The molecule has 2 aromatic rings. The van der Waals surface area contributed by atoms with Crippen LogP contribution in [0.5, 0.6) is 0 Å². The van der Waals surface area contributed by atoms with Crippen molar-refractivity contribution < 1.29 is 13.2 Å². The Labute approximate surface area is 127 Å². The molecule has 0 radical (unpaired) electrons. The zero-order valence-electron chi connectivity index (χ0n) is 12.5. The fourth-order valence-corrected chi connectivity index (χ4v) is 2.49. The average molecular weight is 309 g/mol. The highest BCUT2D eigenvalue weighted by Crippen LogP contribution is 2.34. The topological polar surface area (TPSA) is 29.9 Å². The van der Waals surface area contributed by atoms with Crippen LogP contribution in [0.3, 0.4) is 0 Å². The van der Waals surface area contributed by atoms with E-state index >= 15 is 0 Å². The number of rotatable bonds is 4. The van der Waals surface area contributed by atoms with Gasteiger partial charge in [0.1, 0.15) is 0 Å². The molecule has 118 valence electrons. The molecule has 1 aliphatic carbocycles. The third kappa shape index (κ3) is 3.02. The van der Waals surface area contributed by atoms with Crippen molar-refractivity contribution in [3.05, 3.63) is 46.8 Å². The maximum Gasteiger partial charge on any atom is 0.433 e. The summed E-state index contributed by atoms with van der Waals surface area (Å²) in [5, 5.41) is 7.13. The maximum atomic E-state index is 13.5.